The third-order valence-corrected chi connectivity index (χ3v) is 4.06. The summed E-state index contributed by atoms with van der Waals surface area (Å²) in [4.78, 5) is 2.25. The minimum absolute atomic E-state index is 0.171. The number of aromatic nitrogens is 1. The maximum absolute atomic E-state index is 3.57. The molecule has 0 spiro atoms. The first kappa shape index (κ1) is 14.1. The fourth-order valence-electron chi connectivity index (χ4n) is 2.23. The predicted octanol–water partition coefficient (Wildman–Crippen LogP) is 2.61. The number of hydrogen-bond donors (Lipinski definition) is 1. The summed E-state index contributed by atoms with van der Waals surface area (Å²) in [5.41, 5.74) is 2.84. The number of rotatable bonds is 5. The average Bonchev–Trinajstić information content (AvgIpc) is 2.67. The van der Waals surface area contributed by atoms with Gasteiger partial charge in [0.05, 0.1) is 0 Å². The highest BCUT2D eigenvalue weighted by Crippen LogP contribution is 2.20. The summed E-state index contributed by atoms with van der Waals surface area (Å²) >= 11 is 0. The van der Waals surface area contributed by atoms with Gasteiger partial charge in [0.2, 0.25) is 0 Å². The molecule has 0 aliphatic heterocycles. The second-order valence-electron chi connectivity index (χ2n) is 6.09. The number of hydrogen-bond acceptors (Lipinski definition) is 2. The van der Waals surface area contributed by atoms with Crippen LogP contribution in [0.2, 0.25) is 0 Å². The van der Waals surface area contributed by atoms with Crippen molar-refractivity contribution in [2.45, 2.75) is 25.9 Å². The van der Waals surface area contributed by atoms with Gasteiger partial charge in [-0.25, -0.2) is 0 Å². The lowest BCUT2D eigenvalue weighted by Crippen LogP contribution is -2.46. The molecule has 3 nitrogen and oxygen atoms in total. The van der Waals surface area contributed by atoms with Gasteiger partial charge >= 0.3 is 0 Å². The van der Waals surface area contributed by atoms with Gasteiger partial charge in [-0.2, -0.15) is 0 Å². The summed E-state index contributed by atoms with van der Waals surface area (Å²) in [6, 6.07) is 8.57. The zero-order chi connectivity index (χ0) is 14.0. The monoisotopic (exact) mass is 259 g/mol. The minimum Gasteiger partial charge on any atom is -0.350 e. The average molecular weight is 259 g/mol. The van der Waals surface area contributed by atoms with E-state index in [1.807, 2.05) is 0 Å². The van der Waals surface area contributed by atoms with Crippen LogP contribution in [0.3, 0.4) is 0 Å². The SMILES string of the molecule is CN(C)C(C)(C)CNCc1cn(C)c2ccccc12. The van der Waals surface area contributed by atoms with Crippen LogP contribution in [0.15, 0.2) is 30.5 Å². The summed E-state index contributed by atoms with van der Waals surface area (Å²) in [5.74, 6) is 0. The molecule has 104 valence electrons. The van der Waals surface area contributed by atoms with E-state index in [-0.39, 0.29) is 5.54 Å². The molecule has 0 radical (unpaired) electrons. The molecule has 2 aromatic rings. The number of benzene rings is 1. The molecule has 1 aromatic carbocycles. The molecule has 0 unspecified atom stereocenters. The number of nitrogens with zero attached hydrogens (tertiary/aromatic N) is 2. The Hall–Kier alpha value is -1.32. The second-order valence-corrected chi connectivity index (χ2v) is 6.09. The van der Waals surface area contributed by atoms with Gasteiger partial charge < -0.3 is 14.8 Å². The zero-order valence-corrected chi connectivity index (χ0v) is 12.7. The van der Waals surface area contributed by atoms with E-state index in [0.717, 1.165) is 13.1 Å². The third kappa shape index (κ3) is 2.99. The standard InChI is InChI=1S/C16H25N3/c1-16(2,18(3)4)12-17-10-13-11-19(5)15-9-7-6-8-14(13)15/h6-9,11,17H,10,12H2,1-5H3. The molecule has 3 heteroatoms. The first-order chi connectivity index (χ1) is 8.92. The summed E-state index contributed by atoms with van der Waals surface area (Å²) < 4.78 is 2.20. The Morgan fingerprint density at radius 3 is 2.58 bits per heavy atom. The van der Waals surface area contributed by atoms with Crippen LogP contribution in [0.5, 0.6) is 0 Å². The van der Waals surface area contributed by atoms with E-state index in [0.29, 0.717) is 0 Å². The van der Waals surface area contributed by atoms with Crippen LogP contribution >= 0.6 is 0 Å². The topological polar surface area (TPSA) is 20.2 Å². The van der Waals surface area contributed by atoms with Crippen molar-refractivity contribution in [2.24, 2.45) is 7.05 Å². The van der Waals surface area contributed by atoms with E-state index in [1.165, 1.54) is 16.5 Å². The molecule has 1 aromatic heterocycles. The molecule has 0 aliphatic rings. The molecule has 0 saturated carbocycles. The van der Waals surface area contributed by atoms with E-state index in [2.05, 4.69) is 80.2 Å². The quantitative estimate of drug-likeness (QED) is 0.890. The van der Waals surface area contributed by atoms with Gasteiger partial charge in [0, 0.05) is 42.8 Å². The molecular weight excluding hydrogens is 234 g/mol. The molecule has 19 heavy (non-hydrogen) atoms. The lowest BCUT2D eigenvalue weighted by molar-refractivity contribution is 0.190. The number of aryl methyl sites for hydroxylation is 1. The Labute approximate surface area is 116 Å². The van der Waals surface area contributed by atoms with Crippen molar-refractivity contribution in [2.75, 3.05) is 20.6 Å². The van der Waals surface area contributed by atoms with Gasteiger partial charge in [-0.15, -0.1) is 0 Å². The smallest absolute Gasteiger partial charge is 0.0481 e. The van der Waals surface area contributed by atoms with Crippen molar-refractivity contribution in [1.29, 1.82) is 0 Å². The first-order valence-electron chi connectivity index (χ1n) is 6.83. The van der Waals surface area contributed by atoms with Crippen molar-refractivity contribution in [3.05, 3.63) is 36.0 Å². The number of fused-ring (bicyclic) bond motifs is 1. The summed E-state index contributed by atoms with van der Waals surface area (Å²) in [6.45, 7) is 6.40. The van der Waals surface area contributed by atoms with Crippen LogP contribution in [0, 0.1) is 0 Å². The number of likely N-dealkylation sites (N-methyl/N-ethyl adjacent to an activating group) is 1. The van der Waals surface area contributed by atoms with Gasteiger partial charge in [0.15, 0.2) is 0 Å². The molecule has 0 atom stereocenters. The Balaban J connectivity index is 2.07. The van der Waals surface area contributed by atoms with Crippen molar-refractivity contribution in [3.63, 3.8) is 0 Å². The van der Waals surface area contributed by atoms with Crippen LogP contribution in [0.4, 0.5) is 0 Å². The van der Waals surface area contributed by atoms with Crippen LogP contribution in [0.25, 0.3) is 10.9 Å². The van der Waals surface area contributed by atoms with Crippen LogP contribution in [-0.2, 0) is 13.6 Å². The van der Waals surface area contributed by atoms with Gasteiger partial charge in [-0.05, 0) is 39.6 Å². The van der Waals surface area contributed by atoms with Crippen molar-refractivity contribution in [1.82, 2.24) is 14.8 Å². The third-order valence-electron chi connectivity index (χ3n) is 4.06. The van der Waals surface area contributed by atoms with Gasteiger partial charge in [0.1, 0.15) is 0 Å². The largest absolute Gasteiger partial charge is 0.350 e. The maximum atomic E-state index is 3.57. The molecule has 0 aliphatic carbocycles. The second kappa shape index (κ2) is 5.35. The fraction of sp³-hybridized carbons (Fsp3) is 0.500. The number of para-hydroxylation sites is 1. The zero-order valence-electron chi connectivity index (χ0n) is 12.7. The molecule has 1 heterocycles. The van der Waals surface area contributed by atoms with Crippen molar-refractivity contribution < 1.29 is 0 Å². The normalized spacial score (nSPS) is 12.5. The van der Waals surface area contributed by atoms with E-state index in [1.54, 1.807) is 0 Å². The molecule has 1 N–H and O–H groups in total. The predicted molar refractivity (Wildman–Crippen MR) is 82.4 cm³/mol. The number of nitrogens with one attached hydrogen (secondary N) is 1. The molecule has 0 bridgehead atoms. The highest BCUT2D eigenvalue weighted by Gasteiger charge is 2.19. The van der Waals surface area contributed by atoms with Crippen molar-refractivity contribution >= 4 is 10.9 Å². The molecular formula is C16H25N3. The van der Waals surface area contributed by atoms with E-state index in [9.17, 15) is 0 Å². The van der Waals surface area contributed by atoms with Gasteiger partial charge in [-0.3, -0.25) is 0 Å². The Morgan fingerprint density at radius 2 is 1.89 bits per heavy atom. The van der Waals surface area contributed by atoms with E-state index >= 15 is 0 Å². The summed E-state index contributed by atoms with van der Waals surface area (Å²) in [6.07, 6.45) is 2.22. The molecule has 0 amide bonds. The Morgan fingerprint density at radius 1 is 1.21 bits per heavy atom. The van der Waals surface area contributed by atoms with Crippen LogP contribution in [0.1, 0.15) is 19.4 Å². The lowest BCUT2D eigenvalue weighted by atomic mass is 10.0. The molecule has 2 rings (SSSR count). The van der Waals surface area contributed by atoms with Crippen molar-refractivity contribution in [3.8, 4) is 0 Å². The van der Waals surface area contributed by atoms with Gasteiger partial charge in [-0.1, -0.05) is 18.2 Å². The summed E-state index contributed by atoms with van der Waals surface area (Å²) in [5, 5.41) is 4.92. The minimum atomic E-state index is 0.171. The molecule has 0 saturated heterocycles. The van der Waals surface area contributed by atoms with Gasteiger partial charge in [0.25, 0.3) is 0 Å². The van der Waals surface area contributed by atoms with E-state index < -0.39 is 0 Å². The Kier molecular flexibility index (Phi) is 3.97. The first-order valence-corrected chi connectivity index (χ1v) is 6.83. The van der Waals surface area contributed by atoms with Crippen LogP contribution in [-0.4, -0.2) is 35.6 Å². The Bertz CT molecular complexity index is 552. The van der Waals surface area contributed by atoms with E-state index in [4.69, 9.17) is 0 Å². The fourth-order valence-corrected chi connectivity index (χ4v) is 2.23. The van der Waals surface area contributed by atoms with Crippen LogP contribution < -0.4 is 5.32 Å². The molecule has 0 fully saturated rings. The summed E-state index contributed by atoms with van der Waals surface area (Å²) in [7, 11) is 6.36. The highest BCUT2D eigenvalue weighted by atomic mass is 15.2. The highest BCUT2D eigenvalue weighted by molar-refractivity contribution is 5.83. The maximum Gasteiger partial charge on any atom is 0.0481 e. The lowest BCUT2D eigenvalue weighted by Gasteiger charge is -2.32.